The standard InChI is InChI=1S/C9H11O3/c10-6-7-12-9(11)8-4-2-1-3-5-8/h1-5,9-10H,6-7H2. The highest BCUT2D eigenvalue weighted by molar-refractivity contribution is 5.15. The van der Waals surface area contributed by atoms with E-state index in [9.17, 15) is 5.11 Å². The Kier molecular flexibility index (Phi) is 3.73. The molecule has 1 rings (SSSR count). The molecule has 0 saturated heterocycles. The van der Waals surface area contributed by atoms with E-state index < -0.39 is 6.29 Å². The van der Waals surface area contributed by atoms with Crippen LogP contribution in [0.25, 0.3) is 0 Å². The van der Waals surface area contributed by atoms with Gasteiger partial charge >= 0.3 is 0 Å². The Hall–Kier alpha value is -0.900. The van der Waals surface area contributed by atoms with Crippen LogP contribution in [0, 0.1) is 0 Å². The van der Waals surface area contributed by atoms with Crippen molar-refractivity contribution in [2.75, 3.05) is 13.2 Å². The molecule has 1 aromatic rings. The molecule has 0 saturated carbocycles. The number of rotatable bonds is 4. The predicted octanol–water partition coefficient (Wildman–Crippen LogP) is 1.12. The van der Waals surface area contributed by atoms with Crippen molar-refractivity contribution in [3.05, 3.63) is 35.9 Å². The molecule has 65 valence electrons. The van der Waals surface area contributed by atoms with Crippen molar-refractivity contribution < 1.29 is 14.9 Å². The number of hydrogen-bond acceptors (Lipinski definition) is 2. The first-order valence-corrected chi connectivity index (χ1v) is 3.78. The van der Waals surface area contributed by atoms with E-state index in [-0.39, 0.29) is 13.2 Å². The molecule has 1 atom stereocenters. The Bertz CT molecular complexity index is 210. The molecule has 0 heterocycles. The Labute approximate surface area is 71.2 Å². The molecule has 12 heavy (non-hydrogen) atoms. The van der Waals surface area contributed by atoms with Gasteiger partial charge in [0.1, 0.15) is 0 Å². The van der Waals surface area contributed by atoms with Crippen LogP contribution in [0.2, 0.25) is 0 Å². The summed E-state index contributed by atoms with van der Waals surface area (Å²) in [6, 6.07) is 8.80. The maximum Gasteiger partial charge on any atom is 0.217 e. The minimum atomic E-state index is -1.18. The van der Waals surface area contributed by atoms with Crippen LogP contribution in [0.4, 0.5) is 0 Å². The van der Waals surface area contributed by atoms with Crippen LogP contribution in [0.15, 0.2) is 30.3 Å². The smallest absolute Gasteiger partial charge is 0.217 e. The third-order valence-electron chi connectivity index (χ3n) is 1.43. The Morgan fingerprint density at radius 2 is 2.00 bits per heavy atom. The monoisotopic (exact) mass is 167 g/mol. The summed E-state index contributed by atoms with van der Waals surface area (Å²) in [5.74, 6) is 0. The van der Waals surface area contributed by atoms with Gasteiger partial charge in [-0.15, -0.1) is 0 Å². The van der Waals surface area contributed by atoms with Gasteiger partial charge in [-0.25, -0.2) is 0 Å². The van der Waals surface area contributed by atoms with Gasteiger partial charge in [-0.3, -0.25) is 0 Å². The van der Waals surface area contributed by atoms with Crippen LogP contribution >= 0.6 is 0 Å². The highest BCUT2D eigenvalue weighted by Crippen LogP contribution is 2.13. The van der Waals surface area contributed by atoms with Gasteiger partial charge in [0, 0.05) is 5.56 Å². The van der Waals surface area contributed by atoms with Crippen LogP contribution in [0.3, 0.4) is 0 Å². The van der Waals surface area contributed by atoms with Gasteiger partial charge in [-0.05, 0) is 0 Å². The predicted molar refractivity (Wildman–Crippen MR) is 42.9 cm³/mol. The fourth-order valence-electron chi connectivity index (χ4n) is 0.866. The molecular formula is C9H11O3. The van der Waals surface area contributed by atoms with Crippen LogP contribution in [-0.2, 0) is 9.84 Å². The van der Waals surface area contributed by atoms with Gasteiger partial charge in [0.15, 0.2) is 0 Å². The average Bonchev–Trinajstić information content (AvgIpc) is 2.15. The zero-order valence-electron chi connectivity index (χ0n) is 6.64. The Balaban J connectivity index is 2.48. The fraction of sp³-hybridized carbons (Fsp3) is 0.333. The summed E-state index contributed by atoms with van der Waals surface area (Å²) < 4.78 is 4.77. The summed E-state index contributed by atoms with van der Waals surface area (Å²) >= 11 is 0. The molecule has 1 unspecified atom stereocenters. The van der Waals surface area contributed by atoms with E-state index in [2.05, 4.69) is 0 Å². The maximum absolute atomic E-state index is 11.2. The zero-order valence-corrected chi connectivity index (χ0v) is 6.64. The molecule has 1 radical (unpaired) electrons. The molecule has 0 spiro atoms. The molecular weight excluding hydrogens is 156 g/mol. The quantitative estimate of drug-likeness (QED) is 0.683. The van der Waals surface area contributed by atoms with Gasteiger partial charge in [0.05, 0.1) is 13.2 Å². The second-order valence-corrected chi connectivity index (χ2v) is 2.34. The van der Waals surface area contributed by atoms with E-state index in [1.54, 1.807) is 24.3 Å². The largest absolute Gasteiger partial charge is 0.394 e. The van der Waals surface area contributed by atoms with Crippen molar-refractivity contribution in [1.82, 2.24) is 0 Å². The topological polar surface area (TPSA) is 49.4 Å². The fourth-order valence-corrected chi connectivity index (χ4v) is 0.866. The van der Waals surface area contributed by atoms with E-state index in [1.807, 2.05) is 6.07 Å². The van der Waals surface area contributed by atoms with Crippen LogP contribution in [-0.4, -0.2) is 18.3 Å². The number of aliphatic hydroxyl groups is 1. The summed E-state index contributed by atoms with van der Waals surface area (Å²) in [5.41, 5.74) is 0.589. The molecule has 0 aromatic heterocycles. The third kappa shape index (κ3) is 2.62. The molecule has 1 aromatic carbocycles. The van der Waals surface area contributed by atoms with E-state index in [1.165, 1.54) is 0 Å². The third-order valence-corrected chi connectivity index (χ3v) is 1.43. The second kappa shape index (κ2) is 4.87. The first kappa shape index (κ1) is 9.19. The van der Waals surface area contributed by atoms with Crippen molar-refractivity contribution >= 4 is 0 Å². The van der Waals surface area contributed by atoms with Gasteiger partial charge in [0.25, 0.3) is 0 Å². The second-order valence-electron chi connectivity index (χ2n) is 2.34. The van der Waals surface area contributed by atoms with E-state index in [4.69, 9.17) is 9.84 Å². The number of aliphatic hydroxyl groups excluding tert-OH is 1. The summed E-state index contributed by atoms with van der Waals surface area (Å²) in [7, 11) is 0. The summed E-state index contributed by atoms with van der Waals surface area (Å²) in [4.78, 5) is 0. The first-order chi connectivity index (χ1) is 5.84. The molecule has 0 aliphatic heterocycles. The van der Waals surface area contributed by atoms with Gasteiger partial charge in [-0.2, -0.15) is 5.11 Å². The molecule has 1 N–H and O–H groups in total. The van der Waals surface area contributed by atoms with Gasteiger partial charge < -0.3 is 9.84 Å². The number of hydrogen-bond donors (Lipinski definition) is 1. The minimum absolute atomic E-state index is 0.0864. The maximum atomic E-state index is 11.2. The Morgan fingerprint density at radius 1 is 1.33 bits per heavy atom. The van der Waals surface area contributed by atoms with Crippen LogP contribution < -0.4 is 0 Å². The van der Waals surface area contributed by atoms with Crippen molar-refractivity contribution in [3.63, 3.8) is 0 Å². The van der Waals surface area contributed by atoms with Gasteiger partial charge in [-0.1, -0.05) is 30.3 Å². The van der Waals surface area contributed by atoms with E-state index in [0.29, 0.717) is 5.56 Å². The summed E-state index contributed by atoms with van der Waals surface area (Å²) in [6.07, 6.45) is -1.18. The highest BCUT2D eigenvalue weighted by atomic mass is 16.6. The van der Waals surface area contributed by atoms with Crippen molar-refractivity contribution in [1.29, 1.82) is 0 Å². The van der Waals surface area contributed by atoms with E-state index in [0.717, 1.165) is 0 Å². The molecule has 0 amide bonds. The van der Waals surface area contributed by atoms with E-state index >= 15 is 0 Å². The molecule has 0 fully saturated rings. The average molecular weight is 167 g/mol. The Morgan fingerprint density at radius 3 is 2.58 bits per heavy atom. The van der Waals surface area contributed by atoms with Crippen molar-refractivity contribution in [2.24, 2.45) is 0 Å². The minimum Gasteiger partial charge on any atom is -0.394 e. The van der Waals surface area contributed by atoms with Crippen molar-refractivity contribution in [3.8, 4) is 0 Å². The lowest BCUT2D eigenvalue weighted by Crippen LogP contribution is -2.05. The van der Waals surface area contributed by atoms with Gasteiger partial charge in [0.2, 0.25) is 6.29 Å². The number of benzene rings is 1. The zero-order chi connectivity index (χ0) is 8.81. The summed E-state index contributed by atoms with van der Waals surface area (Å²) in [6.45, 7) is -0.0331. The molecule has 0 aliphatic carbocycles. The SMILES string of the molecule is [O]C(OCCO)c1ccccc1. The molecule has 0 bridgehead atoms. The molecule has 3 nitrogen and oxygen atoms in total. The van der Waals surface area contributed by atoms with Crippen LogP contribution in [0.1, 0.15) is 11.9 Å². The normalized spacial score (nSPS) is 12.8. The molecule has 3 heteroatoms. The molecule has 0 aliphatic rings. The highest BCUT2D eigenvalue weighted by Gasteiger charge is 2.07. The lowest BCUT2D eigenvalue weighted by Gasteiger charge is -2.07. The van der Waals surface area contributed by atoms with Crippen molar-refractivity contribution in [2.45, 2.75) is 6.29 Å². The van der Waals surface area contributed by atoms with Crippen LogP contribution in [0.5, 0.6) is 0 Å². The lowest BCUT2D eigenvalue weighted by atomic mass is 10.2. The first-order valence-electron chi connectivity index (χ1n) is 3.78. The summed E-state index contributed by atoms with van der Waals surface area (Å²) in [5, 5.41) is 19.6. The lowest BCUT2D eigenvalue weighted by molar-refractivity contribution is -0.149. The number of ether oxygens (including phenoxy) is 1.